The molecule has 20 heavy (non-hydrogen) atoms. The highest BCUT2D eigenvalue weighted by Gasteiger charge is 2.30. The van der Waals surface area contributed by atoms with Gasteiger partial charge in [-0.05, 0) is 24.8 Å². The van der Waals surface area contributed by atoms with E-state index in [2.05, 4.69) is 35.2 Å². The molecule has 0 spiro atoms. The van der Waals surface area contributed by atoms with Gasteiger partial charge in [-0.1, -0.05) is 36.8 Å². The Morgan fingerprint density at radius 1 is 1.15 bits per heavy atom. The summed E-state index contributed by atoms with van der Waals surface area (Å²) < 4.78 is 5.36. The van der Waals surface area contributed by atoms with Crippen molar-refractivity contribution < 1.29 is 9.53 Å². The molecule has 1 aromatic rings. The lowest BCUT2D eigenvalue weighted by atomic mass is 9.94. The molecular weight excluding hydrogens is 250 g/mol. The molecule has 0 aromatic heterocycles. The molecular formula is C17H23NO2. The van der Waals surface area contributed by atoms with E-state index in [1.165, 1.54) is 18.4 Å². The molecule has 3 nitrogen and oxygen atoms in total. The monoisotopic (exact) mass is 273 g/mol. The summed E-state index contributed by atoms with van der Waals surface area (Å²) in [7, 11) is 0. The number of benzene rings is 1. The number of hydrogen-bond acceptors (Lipinski definition) is 2. The lowest BCUT2D eigenvalue weighted by Crippen LogP contribution is -2.38. The largest absolute Gasteiger partial charge is 0.381 e. The zero-order valence-electron chi connectivity index (χ0n) is 12.0. The molecule has 0 N–H and O–H groups in total. The van der Waals surface area contributed by atoms with Crippen LogP contribution in [0.3, 0.4) is 0 Å². The zero-order valence-corrected chi connectivity index (χ0v) is 12.0. The molecule has 1 amide bonds. The van der Waals surface area contributed by atoms with Crippen molar-refractivity contribution >= 4 is 5.91 Å². The quantitative estimate of drug-likeness (QED) is 0.829. The molecule has 2 saturated heterocycles. The Hall–Kier alpha value is -1.35. The summed E-state index contributed by atoms with van der Waals surface area (Å²) in [5.74, 6) is 0.903. The number of ether oxygens (including phenoxy) is 1. The number of hydrogen-bond donors (Lipinski definition) is 0. The van der Waals surface area contributed by atoms with Crippen molar-refractivity contribution in [1.29, 1.82) is 0 Å². The van der Waals surface area contributed by atoms with E-state index in [4.69, 9.17) is 4.74 Å². The van der Waals surface area contributed by atoms with Crippen molar-refractivity contribution in [2.45, 2.75) is 31.6 Å². The Bertz CT molecular complexity index is 440. The maximum absolute atomic E-state index is 12.6. The van der Waals surface area contributed by atoms with Gasteiger partial charge >= 0.3 is 0 Å². The number of likely N-dealkylation sites (tertiary alicyclic amines) is 1. The van der Waals surface area contributed by atoms with Crippen LogP contribution >= 0.6 is 0 Å². The van der Waals surface area contributed by atoms with Crippen LogP contribution in [0, 0.1) is 5.92 Å². The highest BCUT2D eigenvalue weighted by molar-refractivity contribution is 5.79. The van der Waals surface area contributed by atoms with Gasteiger partial charge in [0.2, 0.25) is 5.91 Å². The van der Waals surface area contributed by atoms with Gasteiger partial charge in [0.05, 0.1) is 12.5 Å². The number of carbonyl (C=O) groups excluding carboxylic acids is 1. The molecule has 0 bridgehead atoms. The number of carbonyl (C=O) groups is 1. The van der Waals surface area contributed by atoms with Gasteiger partial charge in [-0.2, -0.15) is 0 Å². The van der Waals surface area contributed by atoms with Crippen molar-refractivity contribution in [3.05, 3.63) is 35.9 Å². The fourth-order valence-electron chi connectivity index (χ4n) is 3.33. The number of amides is 1. The Balaban J connectivity index is 1.70. The Labute approximate surface area is 120 Å². The van der Waals surface area contributed by atoms with Crippen LogP contribution in [0.1, 0.15) is 37.2 Å². The highest BCUT2D eigenvalue weighted by Crippen LogP contribution is 2.28. The summed E-state index contributed by atoms with van der Waals surface area (Å²) in [5.41, 5.74) is 1.37. The van der Waals surface area contributed by atoms with Crippen LogP contribution < -0.4 is 0 Å². The zero-order chi connectivity index (χ0) is 13.8. The van der Waals surface area contributed by atoms with Gasteiger partial charge in [0.15, 0.2) is 0 Å². The van der Waals surface area contributed by atoms with E-state index in [1.54, 1.807) is 0 Å². The smallest absolute Gasteiger partial charge is 0.228 e. The lowest BCUT2D eigenvalue weighted by molar-refractivity contribution is -0.135. The second kappa shape index (κ2) is 6.40. The first-order valence-corrected chi connectivity index (χ1v) is 7.76. The Morgan fingerprint density at radius 3 is 2.75 bits per heavy atom. The molecule has 0 saturated carbocycles. The molecule has 0 aliphatic carbocycles. The van der Waals surface area contributed by atoms with Crippen LogP contribution in [0.15, 0.2) is 30.3 Å². The van der Waals surface area contributed by atoms with E-state index in [-0.39, 0.29) is 5.92 Å². The first-order chi connectivity index (χ1) is 9.84. The lowest BCUT2D eigenvalue weighted by Gasteiger charge is -2.27. The van der Waals surface area contributed by atoms with Crippen molar-refractivity contribution in [2.24, 2.45) is 5.92 Å². The minimum Gasteiger partial charge on any atom is -0.381 e. The second-order valence-electron chi connectivity index (χ2n) is 5.95. The fraction of sp³-hybridized carbons (Fsp3) is 0.588. The van der Waals surface area contributed by atoms with E-state index in [9.17, 15) is 4.79 Å². The van der Waals surface area contributed by atoms with Gasteiger partial charge in [0.25, 0.3) is 0 Å². The summed E-state index contributed by atoms with van der Waals surface area (Å²) in [6, 6.07) is 10.6. The molecule has 1 aromatic carbocycles. The molecule has 3 heteroatoms. The van der Waals surface area contributed by atoms with Gasteiger partial charge in [-0.15, -0.1) is 0 Å². The van der Waals surface area contributed by atoms with Crippen molar-refractivity contribution in [1.82, 2.24) is 4.90 Å². The molecule has 2 aliphatic heterocycles. The molecule has 0 unspecified atom stereocenters. The van der Waals surface area contributed by atoms with E-state index >= 15 is 0 Å². The Kier molecular flexibility index (Phi) is 4.36. The average molecular weight is 273 g/mol. The van der Waals surface area contributed by atoms with Gasteiger partial charge < -0.3 is 9.64 Å². The fourth-order valence-corrected chi connectivity index (χ4v) is 3.33. The predicted octanol–water partition coefficient (Wildman–Crippen LogP) is 2.82. The van der Waals surface area contributed by atoms with E-state index in [0.29, 0.717) is 18.4 Å². The van der Waals surface area contributed by atoms with Crippen LogP contribution in [0.5, 0.6) is 0 Å². The standard InChI is InChI=1S/C17H23NO2/c19-17(16-9-11-20-13-16)18-10-5-4-8-15(12-18)14-6-2-1-3-7-14/h1-3,6-7,15-16H,4-5,8-13H2/t15-,16-/m0/s1. The van der Waals surface area contributed by atoms with E-state index in [1.807, 2.05) is 0 Å². The topological polar surface area (TPSA) is 29.5 Å². The van der Waals surface area contributed by atoms with Gasteiger partial charge in [-0.3, -0.25) is 4.79 Å². The van der Waals surface area contributed by atoms with Crippen LogP contribution in [-0.2, 0) is 9.53 Å². The normalized spacial score (nSPS) is 27.3. The SMILES string of the molecule is O=C([C@H]1CCOC1)N1CCCC[C@H](c2ccccc2)C1. The molecule has 2 fully saturated rings. The van der Waals surface area contributed by atoms with E-state index in [0.717, 1.165) is 32.5 Å². The maximum atomic E-state index is 12.6. The highest BCUT2D eigenvalue weighted by atomic mass is 16.5. The summed E-state index contributed by atoms with van der Waals surface area (Å²) in [4.78, 5) is 14.7. The van der Waals surface area contributed by atoms with Crippen LogP contribution in [0.2, 0.25) is 0 Å². The molecule has 0 radical (unpaired) electrons. The Morgan fingerprint density at radius 2 is 2.00 bits per heavy atom. The van der Waals surface area contributed by atoms with Crippen LogP contribution in [-0.4, -0.2) is 37.1 Å². The third-order valence-corrected chi connectivity index (χ3v) is 4.53. The number of rotatable bonds is 2. The summed E-state index contributed by atoms with van der Waals surface area (Å²) in [6.07, 6.45) is 4.42. The molecule has 108 valence electrons. The van der Waals surface area contributed by atoms with Gasteiger partial charge in [-0.25, -0.2) is 0 Å². The third kappa shape index (κ3) is 3.04. The van der Waals surface area contributed by atoms with Crippen LogP contribution in [0.25, 0.3) is 0 Å². The summed E-state index contributed by atoms with van der Waals surface area (Å²) in [5, 5.41) is 0. The minimum absolute atomic E-state index is 0.101. The van der Waals surface area contributed by atoms with Crippen molar-refractivity contribution in [3.63, 3.8) is 0 Å². The first-order valence-electron chi connectivity index (χ1n) is 7.76. The van der Waals surface area contributed by atoms with Gasteiger partial charge in [0, 0.05) is 25.6 Å². The van der Waals surface area contributed by atoms with E-state index < -0.39 is 0 Å². The van der Waals surface area contributed by atoms with Crippen molar-refractivity contribution in [3.8, 4) is 0 Å². The second-order valence-corrected chi connectivity index (χ2v) is 5.95. The first kappa shape index (κ1) is 13.6. The molecule has 2 aliphatic rings. The predicted molar refractivity (Wildman–Crippen MR) is 78.5 cm³/mol. The van der Waals surface area contributed by atoms with Gasteiger partial charge in [0.1, 0.15) is 0 Å². The van der Waals surface area contributed by atoms with Crippen LogP contribution in [0.4, 0.5) is 0 Å². The molecule has 2 atom stereocenters. The minimum atomic E-state index is 0.101. The summed E-state index contributed by atoms with van der Waals surface area (Å²) >= 11 is 0. The average Bonchev–Trinajstić information content (AvgIpc) is 2.92. The molecule has 2 heterocycles. The van der Waals surface area contributed by atoms with Crippen molar-refractivity contribution in [2.75, 3.05) is 26.3 Å². The number of nitrogens with zero attached hydrogens (tertiary/aromatic N) is 1. The summed E-state index contributed by atoms with van der Waals surface area (Å²) in [6.45, 7) is 3.15. The maximum Gasteiger partial charge on any atom is 0.228 e. The molecule has 3 rings (SSSR count). The third-order valence-electron chi connectivity index (χ3n) is 4.53.